The van der Waals surface area contributed by atoms with Crippen molar-refractivity contribution in [3.05, 3.63) is 23.8 Å². The van der Waals surface area contributed by atoms with Crippen LogP contribution in [0.4, 0.5) is 5.69 Å². The van der Waals surface area contributed by atoms with Gasteiger partial charge in [-0.25, -0.2) is 0 Å². The Hall–Kier alpha value is -2.04. The van der Waals surface area contributed by atoms with Gasteiger partial charge in [-0.2, -0.15) is 0 Å². The summed E-state index contributed by atoms with van der Waals surface area (Å²) >= 11 is 0. The molecule has 5 heteroatoms. The van der Waals surface area contributed by atoms with Crippen LogP contribution in [-0.2, 0) is 15.0 Å². The van der Waals surface area contributed by atoms with Crippen LogP contribution >= 0.6 is 0 Å². The molecule has 1 aromatic carbocycles. The van der Waals surface area contributed by atoms with Gasteiger partial charge in [0.2, 0.25) is 5.91 Å². The Morgan fingerprint density at radius 1 is 1.27 bits per heavy atom. The molecule has 5 nitrogen and oxygen atoms in total. The number of nitrogens with one attached hydrogen (secondary N) is 1. The summed E-state index contributed by atoms with van der Waals surface area (Å²) in [4.78, 5) is 26.6. The van der Waals surface area contributed by atoms with Gasteiger partial charge in [-0.15, -0.1) is 0 Å². The second-order valence-corrected chi connectivity index (χ2v) is 8.64. The molecule has 2 atom stereocenters. The minimum Gasteiger partial charge on any atom is -0.482 e. The molecule has 0 aromatic heterocycles. The Labute approximate surface area is 156 Å². The minimum absolute atomic E-state index is 0.0189. The SMILES string of the molecule is C[C@@H]1CCCC[C@H]1NC(=O)CN1C(=O)COc2ccc(C(C)(C)C)cc21. The zero-order chi connectivity index (χ0) is 18.9. The first-order valence-electron chi connectivity index (χ1n) is 9.63. The zero-order valence-corrected chi connectivity index (χ0v) is 16.3. The first kappa shape index (κ1) is 18.7. The largest absolute Gasteiger partial charge is 0.482 e. The van der Waals surface area contributed by atoms with Gasteiger partial charge >= 0.3 is 0 Å². The summed E-state index contributed by atoms with van der Waals surface area (Å²) in [6.07, 6.45) is 4.57. The third kappa shape index (κ3) is 4.02. The monoisotopic (exact) mass is 358 g/mol. The Kier molecular flexibility index (Phi) is 5.26. The molecule has 1 aliphatic heterocycles. The fraction of sp³-hybridized carbons (Fsp3) is 0.619. The fourth-order valence-electron chi connectivity index (χ4n) is 3.77. The number of nitrogens with zero attached hydrogens (tertiary/aromatic N) is 1. The highest BCUT2D eigenvalue weighted by molar-refractivity contribution is 6.02. The molecule has 0 radical (unpaired) electrons. The average molecular weight is 358 g/mol. The molecule has 0 spiro atoms. The van der Waals surface area contributed by atoms with Crippen molar-refractivity contribution < 1.29 is 14.3 Å². The third-order valence-corrected chi connectivity index (χ3v) is 5.53. The first-order chi connectivity index (χ1) is 12.3. The van der Waals surface area contributed by atoms with Crippen LogP contribution in [0.15, 0.2) is 18.2 Å². The van der Waals surface area contributed by atoms with E-state index in [0.29, 0.717) is 17.4 Å². The first-order valence-corrected chi connectivity index (χ1v) is 9.63. The van der Waals surface area contributed by atoms with E-state index >= 15 is 0 Å². The molecule has 0 unspecified atom stereocenters. The van der Waals surface area contributed by atoms with Crippen molar-refractivity contribution in [2.24, 2.45) is 5.92 Å². The number of anilines is 1. The van der Waals surface area contributed by atoms with Crippen LogP contribution < -0.4 is 15.0 Å². The van der Waals surface area contributed by atoms with Crippen molar-refractivity contribution in [3.63, 3.8) is 0 Å². The van der Waals surface area contributed by atoms with Crippen molar-refractivity contribution in [1.29, 1.82) is 0 Å². The van der Waals surface area contributed by atoms with E-state index in [1.165, 1.54) is 6.42 Å². The number of fused-ring (bicyclic) bond motifs is 1. The number of amides is 2. The van der Waals surface area contributed by atoms with Gasteiger partial charge in [0.15, 0.2) is 6.61 Å². The molecule has 3 rings (SSSR count). The van der Waals surface area contributed by atoms with E-state index in [1.807, 2.05) is 18.2 Å². The molecule has 2 amide bonds. The normalized spacial score (nSPS) is 23.2. The second kappa shape index (κ2) is 7.29. The van der Waals surface area contributed by atoms with Crippen molar-refractivity contribution >= 4 is 17.5 Å². The van der Waals surface area contributed by atoms with Crippen molar-refractivity contribution in [2.45, 2.75) is 64.8 Å². The lowest BCUT2D eigenvalue weighted by Gasteiger charge is -2.33. The highest BCUT2D eigenvalue weighted by Gasteiger charge is 2.30. The summed E-state index contributed by atoms with van der Waals surface area (Å²) in [5.74, 6) is 0.894. The maximum Gasteiger partial charge on any atom is 0.265 e. The molecule has 1 fully saturated rings. The van der Waals surface area contributed by atoms with Crippen LogP contribution in [0.5, 0.6) is 5.75 Å². The lowest BCUT2D eigenvalue weighted by Crippen LogP contribution is -2.49. The van der Waals surface area contributed by atoms with E-state index in [9.17, 15) is 9.59 Å². The number of carbonyl (C=O) groups is 2. The lowest BCUT2D eigenvalue weighted by atomic mass is 9.86. The Morgan fingerprint density at radius 2 is 2.00 bits per heavy atom. The number of carbonyl (C=O) groups excluding carboxylic acids is 2. The summed E-state index contributed by atoms with van der Waals surface area (Å²) in [7, 11) is 0. The number of hydrogen-bond donors (Lipinski definition) is 1. The minimum atomic E-state index is -0.171. The van der Waals surface area contributed by atoms with Crippen LogP contribution in [0.1, 0.15) is 58.9 Å². The maximum absolute atomic E-state index is 12.6. The third-order valence-electron chi connectivity index (χ3n) is 5.53. The number of hydrogen-bond acceptors (Lipinski definition) is 3. The van der Waals surface area contributed by atoms with Crippen molar-refractivity contribution in [1.82, 2.24) is 5.32 Å². The van der Waals surface area contributed by atoms with E-state index in [1.54, 1.807) is 4.90 Å². The summed E-state index contributed by atoms with van der Waals surface area (Å²) in [6, 6.07) is 6.11. The van der Waals surface area contributed by atoms with E-state index in [0.717, 1.165) is 24.8 Å². The van der Waals surface area contributed by atoms with Gasteiger partial charge in [-0.3, -0.25) is 14.5 Å². The van der Waals surface area contributed by atoms with Gasteiger partial charge in [0.1, 0.15) is 12.3 Å². The molecule has 1 aromatic rings. The number of ether oxygens (including phenoxy) is 1. The summed E-state index contributed by atoms with van der Waals surface area (Å²) < 4.78 is 5.56. The maximum atomic E-state index is 12.6. The van der Waals surface area contributed by atoms with Crippen LogP contribution in [-0.4, -0.2) is 31.0 Å². The fourth-order valence-corrected chi connectivity index (χ4v) is 3.77. The molecular weight excluding hydrogens is 328 g/mol. The average Bonchev–Trinajstić information content (AvgIpc) is 2.58. The Balaban J connectivity index is 1.77. The second-order valence-electron chi connectivity index (χ2n) is 8.64. The van der Waals surface area contributed by atoms with Gasteiger partial charge < -0.3 is 10.1 Å². The van der Waals surface area contributed by atoms with Gasteiger partial charge in [-0.1, -0.05) is 46.6 Å². The van der Waals surface area contributed by atoms with Crippen LogP contribution in [0.25, 0.3) is 0 Å². The number of rotatable bonds is 3. The molecule has 0 bridgehead atoms. The molecule has 26 heavy (non-hydrogen) atoms. The molecule has 142 valence electrons. The van der Waals surface area contributed by atoms with Gasteiger partial charge in [0.05, 0.1) is 5.69 Å². The molecule has 1 N–H and O–H groups in total. The zero-order valence-electron chi connectivity index (χ0n) is 16.3. The predicted molar refractivity (Wildman–Crippen MR) is 103 cm³/mol. The quantitative estimate of drug-likeness (QED) is 0.901. The van der Waals surface area contributed by atoms with E-state index < -0.39 is 0 Å². The Bertz CT molecular complexity index is 693. The molecular formula is C21H30N2O3. The highest BCUT2D eigenvalue weighted by Crippen LogP contribution is 2.36. The summed E-state index contributed by atoms with van der Waals surface area (Å²) in [6.45, 7) is 8.60. The topological polar surface area (TPSA) is 58.6 Å². The molecule has 1 heterocycles. The van der Waals surface area contributed by atoms with Crippen molar-refractivity contribution in [2.75, 3.05) is 18.1 Å². The number of benzene rings is 1. The Morgan fingerprint density at radius 3 is 2.69 bits per heavy atom. The van der Waals surface area contributed by atoms with Gasteiger partial charge in [-0.05, 0) is 41.9 Å². The molecule has 2 aliphatic rings. The molecule has 0 saturated heterocycles. The predicted octanol–water partition coefficient (Wildman–Crippen LogP) is 3.40. The molecule has 1 saturated carbocycles. The molecule has 1 aliphatic carbocycles. The summed E-state index contributed by atoms with van der Waals surface area (Å²) in [5, 5.41) is 3.14. The highest BCUT2D eigenvalue weighted by atomic mass is 16.5. The van der Waals surface area contributed by atoms with E-state index in [-0.39, 0.29) is 36.4 Å². The van der Waals surface area contributed by atoms with Crippen LogP contribution in [0, 0.1) is 5.92 Å². The van der Waals surface area contributed by atoms with Crippen molar-refractivity contribution in [3.8, 4) is 5.75 Å². The van der Waals surface area contributed by atoms with E-state index in [2.05, 4.69) is 33.0 Å². The van der Waals surface area contributed by atoms with E-state index in [4.69, 9.17) is 4.74 Å². The standard InChI is InChI=1S/C21H30N2O3/c1-14-7-5-6-8-16(14)22-19(24)12-23-17-11-15(21(2,3)4)9-10-18(17)26-13-20(23)25/h9-11,14,16H,5-8,12-13H2,1-4H3,(H,22,24)/t14-,16-/m1/s1. The van der Waals surface area contributed by atoms with Gasteiger partial charge in [0, 0.05) is 6.04 Å². The van der Waals surface area contributed by atoms with Crippen LogP contribution in [0.3, 0.4) is 0 Å². The lowest BCUT2D eigenvalue weighted by molar-refractivity contribution is -0.126. The smallest absolute Gasteiger partial charge is 0.265 e. The summed E-state index contributed by atoms with van der Waals surface area (Å²) in [5.41, 5.74) is 1.77. The van der Waals surface area contributed by atoms with Crippen LogP contribution in [0.2, 0.25) is 0 Å². The van der Waals surface area contributed by atoms with Gasteiger partial charge in [0.25, 0.3) is 5.91 Å².